The monoisotopic (exact) mass is 353 g/mol. The Labute approximate surface area is 133 Å². The zero-order valence-electron chi connectivity index (χ0n) is 11.5. The van der Waals surface area contributed by atoms with E-state index in [1.165, 1.54) is 5.56 Å². The van der Waals surface area contributed by atoms with Gasteiger partial charge < -0.3 is 10.1 Å². The average molecular weight is 355 g/mol. The Morgan fingerprint density at radius 3 is 2.70 bits per heavy atom. The minimum Gasteiger partial charge on any atom is -0.492 e. The molecule has 2 rings (SSSR count). The second-order valence-electron chi connectivity index (χ2n) is 4.50. The number of hydrogen-bond donors (Lipinski definition) is 1. The van der Waals surface area contributed by atoms with Crippen molar-refractivity contribution >= 4 is 33.2 Å². The van der Waals surface area contributed by atoms with Gasteiger partial charge in [-0.15, -0.1) is 0 Å². The molecule has 1 unspecified atom stereocenters. The fourth-order valence-corrected chi connectivity index (χ4v) is 2.62. The van der Waals surface area contributed by atoms with Gasteiger partial charge in [0.2, 0.25) is 0 Å². The predicted octanol–water partition coefficient (Wildman–Crippen LogP) is 5.67. The van der Waals surface area contributed by atoms with Crippen LogP contribution in [0.25, 0.3) is 0 Å². The van der Waals surface area contributed by atoms with Crippen LogP contribution in [-0.4, -0.2) is 6.61 Å². The number of rotatable bonds is 5. The van der Waals surface area contributed by atoms with Gasteiger partial charge in [-0.2, -0.15) is 0 Å². The van der Waals surface area contributed by atoms with Gasteiger partial charge in [0.1, 0.15) is 5.75 Å². The van der Waals surface area contributed by atoms with Gasteiger partial charge in [-0.1, -0.05) is 39.7 Å². The number of halogens is 2. The standard InChI is InChI=1S/C16H17BrClNO/c1-3-20-16-8-7-14(10-15(16)18)19-11(2)12-5-4-6-13(17)9-12/h4-11,19H,3H2,1-2H3. The molecule has 0 amide bonds. The van der Waals surface area contributed by atoms with E-state index in [0.29, 0.717) is 11.6 Å². The van der Waals surface area contributed by atoms with Gasteiger partial charge in [-0.25, -0.2) is 0 Å². The maximum absolute atomic E-state index is 6.19. The van der Waals surface area contributed by atoms with Crippen LogP contribution in [0.3, 0.4) is 0 Å². The maximum Gasteiger partial charge on any atom is 0.138 e. The largest absolute Gasteiger partial charge is 0.492 e. The van der Waals surface area contributed by atoms with Gasteiger partial charge in [0.25, 0.3) is 0 Å². The van der Waals surface area contributed by atoms with Crippen LogP contribution < -0.4 is 10.1 Å². The highest BCUT2D eigenvalue weighted by atomic mass is 79.9. The van der Waals surface area contributed by atoms with Gasteiger partial charge in [0.15, 0.2) is 0 Å². The van der Waals surface area contributed by atoms with Crippen molar-refractivity contribution in [2.24, 2.45) is 0 Å². The van der Waals surface area contributed by atoms with Crippen LogP contribution in [-0.2, 0) is 0 Å². The number of ether oxygens (including phenoxy) is 1. The first-order valence-corrected chi connectivity index (χ1v) is 7.71. The lowest BCUT2D eigenvalue weighted by Crippen LogP contribution is -2.06. The molecule has 0 bridgehead atoms. The molecule has 0 fully saturated rings. The number of hydrogen-bond acceptors (Lipinski definition) is 2. The second-order valence-corrected chi connectivity index (χ2v) is 5.82. The van der Waals surface area contributed by atoms with Gasteiger partial charge in [-0.05, 0) is 49.7 Å². The van der Waals surface area contributed by atoms with E-state index in [1.807, 2.05) is 37.3 Å². The summed E-state index contributed by atoms with van der Waals surface area (Å²) in [6.45, 7) is 4.67. The Morgan fingerprint density at radius 1 is 1.25 bits per heavy atom. The SMILES string of the molecule is CCOc1ccc(NC(C)c2cccc(Br)c2)cc1Cl. The third kappa shape index (κ3) is 3.90. The summed E-state index contributed by atoms with van der Waals surface area (Å²) in [6, 6.07) is 14.2. The van der Waals surface area contributed by atoms with E-state index in [4.69, 9.17) is 16.3 Å². The molecule has 2 aromatic rings. The van der Waals surface area contributed by atoms with Crippen LogP contribution in [0, 0.1) is 0 Å². The fourth-order valence-electron chi connectivity index (χ4n) is 1.97. The van der Waals surface area contributed by atoms with Crippen molar-refractivity contribution in [2.45, 2.75) is 19.9 Å². The molecule has 0 aliphatic rings. The molecule has 0 spiro atoms. The van der Waals surface area contributed by atoms with Crippen molar-refractivity contribution in [3.05, 3.63) is 57.5 Å². The summed E-state index contributed by atoms with van der Waals surface area (Å²) in [6.07, 6.45) is 0. The molecule has 0 radical (unpaired) electrons. The molecule has 0 heterocycles. The van der Waals surface area contributed by atoms with E-state index in [2.05, 4.69) is 40.3 Å². The average Bonchev–Trinajstić information content (AvgIpc) is 2.42. The van der Waals surface area contributed by atoms with Crippen molar-refractivity contribution in [2.75, 3.05) is 11.9 Å². The van der Waals surface area contributed by atoms with Crippen molar-refractivity contribution in [1.82, 2.24) is 0 Å². The van der Waals surface area contributed by atoms with Gasteiger partial charge in [-0.3, -0.25) is 0 Å². The molecule has 2 nitrogen and oxygen atoms in total. The molecule has 106 valence electrons. The molecule has 1 N–H and O–H groups in total. The van der Waals surface area contributed by atoms with Crippen LogP contribution in [0.4, 0.5) is 5.69 Å². The van der Waals surface area contributed by atoms with E-state index >= 15 is 0 Å². The molecule has 0 saturated carbocycles. The van der Waals surface area contributed by atoms with Gasteiger partial charge in [0.05, 0.1) is 11.6 Å². The summed E-state index contributed by atoms with van der Waals surface area (Å²) in [7, 11) is 0. The lowest BCUT2D eigenvalue weighted by Gasteiger charge is -2.17. The summed E-state index contributed by atoms with van der Waals surface area (Å²) in [4.78, 5) is 0. The molecular formula is C16H17BrClNO. The van der Waals surface area contributed by atoms with Crippen molar-refractivity contribution < 1.29 is 4.74 Å². The molecule has 20 heavy (non-hydrogen) atoms. The van der Waals surface area contributed by atoms with Crippen LogP contribution in [0.15, 0.2) is 46.9 Å². The molecule has 0 aromatic heterocycles. The van der Waals surface area contributed by atoms with Crippen molar-refractivity contribution in [3.63, 3.8) is 0 Å². The van der Waals surface area contributed by atoms with E-state index in [-0.39, 0.29) is 6.04 Å². The van der Waals surface area contributed by atoms with Crippen LogP contribution in [0.1, 0.15) is 25.5 Å². The maximum atomic E-state index is 6.19. The van der Waals surface area contributed by atoms with Crippen LogP contribution >= 0.6 is 27.5 Å². The highest BCUT2D eigenvalue weighted by Crippen LogP contribution is 2.29. The van der Waals surface area contributed by atoms with E-state index < -0.39 is 0 Å². The lowest BCUT2D eigenvalue weighted by molar-refractivity contribution is 0.340. The van der Waals surface area contributed by atoms with Crippen LogP contribution in [0.2, 0.25) is 5.02 Å². The third-order valence-corrected chi connectivity index (χ3v) is 3.75. The fraction of sp³-hybridized carbons (Fsp3) is 0.250. The Morgan fingerprint density at radius 2 is 2.05 bits per heavy atom. The lowest BCUT2D eigenvalue weighted by atomic mass is 10.1. The molecule has 0 aliphatic carbocycles. The smallest absolute Gasteiger partial charge is 0.138 e. The summed E-state index contributed by atoms with van der Waals surface area (Å²) >= 11 is 9.68. The minimum atomic E-state index is 0.196. The van der Waals surface area contributed by atoms with Crippen molar-refractivity contribution in [3.8, 4) is 5.75 Å². The molecule has 0 aliphatic heterocycles. The van der Waals surface area contributed by atoms with E-state index in [0.717, 1.165) is 15.9 Å². The highest BCUT2D eigenvalue weighted by Gasteiger charge is 2.08. The third-order valence-electron chi connectivity index (χ3n) is 2.96. The number of nitrogens with one attached hydrogen (secondary N) is 1. The quantitative estimate of drug-likeness (QED) is 0.746. The summed E-state index contributed by atoms with van der Waals surface area (Å²) < 4.78 is 6.51. The van der Waals surface area contributed by atoms with E-state index in [1.54, 1.807) is 0 Å². The normalized spacial score (nSPS) is 12.0. The van der Waals surface area contributed by atoms with Crippen molar-refractivity contribution in [1.29, 1.82) is 0 Å². The summed E-state index contributed by atoms with van der Waals surface area (Å²) in [5, 5.41) is 4.06. The molecule has 1 atom stereocenters. The Kier molecular flexibility index (Phi) is 5.32. The molecular weight excluding hydrogens is 338 g/mol. The van der Waals surface area contributed by atoms with E-state index in [9.17, 15) is 0 Å². The molecule has 2 aromatic carbocycles. The number of anilines is 1. The molecule has 0 saturated heterocycles. The Bertz CT molecular complexity index is 588. The highest BCUT2D eigenvalue weighted by molar-refractivity contribution is 9.10. The summed E-state index contributed by atoms with van der Waals surface area (Å²) in [5.74, 6) is 0.717. The first-order valence-electron chi connectivity index (χ1n) is 6.54. The molecule has 4 heteroatoms. The Hall–Kier alpha value is -1.19. The first kappa shape index (κ1) is 15.2. The van der Waals surface area contributed by atoms with Gasteiger partial charge >= 0.3 is 0 Å². The number of benzene rings is 2. The Balaban J connectivity index is 2.11. The minimum absolute atomic E-state index is 0.196. The topological polar surface area (TPSA) is 21.3 Å². The van der Waals surface area contributed by atoms with Crippen LogP contribution in [0.5, 0.6) is 5.75 Å². The summed E-state index contributed by atoms with van der Waals surface area (Å²) in [5.41, 5.74) is 2.19. The van der Waals surface area contributed by atoms with Gasteiger partial charge in [0, 0.05) is 16.2 Å². The second kappa shape index (κ2) is 7.00. The zero-order valence-corrected chi connectivity index (χ0v) is 13.8. The first-order chi connectivity index (χ1) is 9.60. The zero-order chi connectivity index (χ0) is 14.5. The predicted molar refractivity (Wildman–Crippen MR) is 88.8 cm³/mol.